The monoisotopic (exact) mass is 284 g/mol. The van der Waals surface area contributed by atoms with Crippen LogP contribution < -0.4 is 4.90 Å². The van der Waals surface area contributed by atoms with E-state index in [9.17, 15) is 0 Å². The van der Waals surface area contributed by atoms with E-state index in [4.69, 9.17) is 23.2 Å². The molecule has 18 heavy (non-hydrogen) atoms. The van der Waals surface area contributed by atoms with Gasteiger partial charge in [-0.3, -0.25) is 0 Å². The molecular weight excluding hydrogens is 267 g/mol. The quantitative estimate of drug-likeness (QED) is 0.755. The molecule has 2 heterocycles. The van der Waals surface area contributed by atoms with E-state index in [0.29, 0.717) is 16.9 Å². The Kier molecular flexibility index (Phi) is 3.67. The summed E-state index contributed by atoms with van der Waals surface area (Å²) in [5, 5.41) is 0.674. The predicted molar refractivity (Wildman–Crippen MR) is 76.5 cm³/mol. The van der Waals surface area contributed by atoms with Crippen molar-refractivity contribution in [3.63, 3.8) is 0 Å². The zero-order valence-electron chi connectivity index (χ0n) is 10.4. The van der Waals surface area contributed by atoms with Gasteiger partial charge in [-0.25, -0.2) is 4.98 Å². The van der Waals surface area contributed by atoms with Gasteiger partial charge in [0.15, 0.2) is 0 Å². The van der Waals surface area contributed by atoms with E-state index >= 15 is 0 Å². The van der Waals surface area contributed by atoms with Crippen LogP contribution in [0.4, 0.5) is 5.82 Å². The minimum Gasteiger partial charge on any atom is -0.353 e. The number of hydrogen-bond donors (Lipinski definition) is 0. The van der Waals surface area contributed by atoms with Gasteiger partial charge in [0.1, 0.15) is 5.82 Å². The third-order valence-electron chi connectivity index (χ3n) is 4.37. The van der Waals surface area contributed by atoms with Gasteiger partial charge in [-0.1, -0.05) is 24.4 Å². The summed E-state index contributed by atoms with van der Waals surface area (Å²) in [5.74, 6) is 2.39. The lowest BCUT2D eigenvalue weighted by atomic mass is 9.85. The van der Waals surface area contributed by atoms with Gasteiger partial charge in [0.05, 0.1) is 5.02 Å². The Labute approximate surface area is 118 Å². The van der Waals surface area contributed by atoms with Gasteiger partial charge < -0.3 is 4.90 Å². The number of nitrogens with zero attached hydrogens (tertiary/aromatic N) is 2. The number of alkyl halides is 1. The molecule has 2 fully saturated rings. The fourth-order valence-electron chi connectivity index (χ4n) is 3.42. The van der Waals surface area contributed by atoms with Gasteiger partial charge >= 0.3 is 0 Å². The summed E-state index contributed by atoms with van der Waals surface area (Å²) in [4.78, 5) is 6.96. The molecule has 0 amide bonds. The second-order valence-electron chi connectivity index (χ2n) is 5.36. The first-order chi connectivity index (χ1) is 8.79. The second kappa shape index (κ2) is 5.26. The summed E-state index contributed by atoms with van der Waals surface area (Å²) in [6.45, 7) is 1.13. The van der Waals surface area contributed by atoms with Crippen molar-refractivity contribution in [1.82, 2.24) is 4.98 Å². The van der Waals surface area contributed by atoms with E-state index in [2.05, 4.69) is 16.0 Å². The lowest BCUT2D eigenvalue weighted by Gasteiger charge is -2.32. The third-order valence-corrected chi connectivity index (χ3v) is 5.00. The number of hydrogen-bond acceptors (Lipinski definition) is 2. The van der Waals surface area contributed by atoms with Crippen molar-refractivity contribution in [1.29, 1.82) is 0 Å². The summed E-state index contributed by atoms with van der Waals surface area (Å²) in [6, 6.07) is 2.75. The summed E-state index contributed by atoms with van der Waals surface area (Å²) in [5.41, 5.74) is 0.989. The lowest BCUT2D eigenvalue weighted by molar-refractivity contribution is 0.341. The predicted octanol–water partition coefficient (Wildman–Crippen LogP) is 4.24. The Balaban J connectivity index is 1.86. The average Bonchev–Trinajstić information content (AvgIpc) is 2.83. The number of fused-ring (bicyclic) bond motifs is 1. The smallest absolute Gasteiger partial charge is 0.129 e. The topological polar surface area (TPSA) is 16.1 Å². The van der Waals surface area contributed by atoms with E-state index in [0.717, 1.165) is 23.8 Å². The van der Waals surface area contributed by atoms with Crippen molar-refractivity contribution in [2.45, 2.75) is 44.0 Å². The molecule has 1 saturated heterocycles. The number of pyridine rings is 1. The molecular formula is C14H18Cl2N2. The number of rotatable bonds is 2. The van der Waals surface area contributed by atoms with Crippen LogP contribution in [-0.2, 0) is 5.88 Å². The molecule has 1 aromatic heterocycles. The van der Waals surface area contributed by atoms with Crippen molar-refractivity contribution < 1.29 is 0 Å². The summed E-state index contributed by atoms with van der Waals surface area (Å²) < 4.78 is 0. The zero-order valence-corrected chi connectivity index (χ0v) is 11.9. The highest BCUT2D eigenvalue weighted by atomic mass is 35.5. The standard InChI is InChI=1S/C14H18Cl2N2/c15-8-11-7-14(17-9-12(11)16)18-6-5-10-3-1-2-4-13(10)18/h7,9-10,13H,1-6,8H2. The highest BCUT2D eigenvalue weighted by molar-refractivity contribution is 6.32. The van der Waals surface area contributed by atoms with Crippen LogP contribution in [0.3, 0.4) is 0 Å². The van der Waals surface area contributed by atoms with E-state index < -0.39 is 0 Å². The molecule has 2 atom stereocenters. The van der Waals surface area contributed by atoms with Gasteiger partial charge in [0.25, 0.3) is 0 Å². The molecule has 4 heteroatoms. The van der Waals surface area contributed by atoms with Crippen LogP contribution in [0.5, 0.6) is 0 Å². The van der Waals surface area contributed by atoms with Crippen LogP contribution in [-0.4, -0.2) is 17.6 Å². The number of halogens is 2. The summed E-state index contributed by atoms with van der Waals surface area (Å²) in [6.07, 6.45) is 8.50. The number of anilines is 1. The van der Waals surface area contributed by atoms with E-state index in [1.54, 1.807) is 6.20 Å². The summed E-state index contributed by atoms with van der Waals surface area (Å²) in [7, 11) is 0. The lowest BCUT2D eigenvalue weighted by Crippen LogP contribution is -2.35. The Morgan fingerprint density at radius 2 is 2.11 bits per heavy atom. The normalized spacial score (nSPS) is 27.3. The van der Waals surface area contributed by atoms with Crippen LogP contribution in [0.25, 0.3) is 0 Å². The summed E-state index contributed by atoms with van der Waals surface area (Å²) >= 11 is 12.0. The first-order valence-corrected chi connectivity index (χ1v) is 7.68. The molecule has 1 aromatic rings. The Morgan fingerprint density at radius 3 is 2.94 bits per heavy atom. The molecule has 0 spiro atoms. The first-order valence-electron chi connectivity index (χ1n) is 6.76. The van der Waals surface area contributed by atoms with Gasteiger partial charge in [-0.2, -0.15) is 0 Å². The van der Waals surface area contributed by atoms with Gasteiger partial charge in [0, 0.05) is 24.7 Å². The van der Waals surface area contributed by atoms with Crippen LogP contribution in [0, 0.1) is 5.92 Å². The molecule has 0 aromatic carbocycles. The van der Waals surface area contributed by atoms with Crippen molar-refractivity contribution in [3.8, 4) is 0 Å². The Bertz CT molecular complexity index is 436. The molecule has 0 N–H and O–H groups in total. The SMILES string of the molecule is ClCc1cc(N2CCC3CCCCC32)ncc1Cl. The van der Waals surface area contributed by atoms with Gasteiger partial charge in [-0.05, 0) is 36.8 Å². The van der Waals surface area contributed by atoms with E-state index in [1.165, 1.54) is 32.1 Å². The maximum absolute atomic E-state index is 6.07. The van der Waals surface area contributed by atoms with Crippen LogP contribution in [0.1, 0.15) is 37.7 Å². The Morgan fingerprint density at radius 1 is 1.28 bits per heavy atom. The first kappa shape index (κ1) is 12.6. The van der Waals surface area contributed by atoms with E-state index in [1.807, 2.05) is 0 Å². The van der Waals surface area contributed by atoms with Gasteiger partial charge in [0.2, 0.25) is 0 Å². The third kappa shape index (κ3) is 2.21. The maximum Gasteiger partial charge on any atom is 0.129 e. The fraction of sp³-hybridized carbons (Fsp3) is 0.643. The van der Waals surface area contributed by atoms with Crippen molar-refractivity contribution in [2.24, 2.45) is 5.92 Å². The molecule has 1 aliphatic heterocycles. The molecule has 1 saturated carbocycles. The van der Waals surface area contributed by atoms with Crippen LogP contribution >= 0.6 is 23.2 Å². The minimum absolute atomic E-state index is 0.455. The molecule has 0 radical (unpaired) electrons. The molecule has 2 nitrogen and oxygen atoms in total. The number of aromatic nitrogens is 1. The van der Waals surface area contributed by atoms with Crippen molar-refractivity contribution >= 4 is 29.0 Å². The molecule has 1 aliphatic carbocycles. The average molecular weight is 285 g/mol. The fourth-order valence-corrected chi connectivity index (χ4v) is 3.88. The van der Waals surface area contributed by atoms with Crippen molar-refractivity contribution in [3.05, 3.63) is 22.8 Å². The molecule has 0 bridgehead atoms. The zero-order chi connectivity index (χ0) is 12.5. The molecule has 2 aliphatic rings. The molecule has 98 valence electrons. The minimum atomic E-state index is 0.455. The molecule has 3 rings (SSSR count). The van der Waals surface area contributed by atoms with Gasteiger partial charge in [-0.15, -0.1) is 11.6 Å². The highest BCUT2D eigenvalue weighted by Crippen LogP contribution is 2.38. The largest absolute Gasteiger partial charge is 0.353 e. The Hall–Kier alpha value is -0.470. The van der Waals surface area contributed by atoms with Crippen LogP contribution in [0.15, 0.2) is 12.3 Å². The maximum atomic E-state index is 6.07. The molecule has 2 unspecified atom stereocenters. The second-order valence-corrected chi connectivity index (χ2v) is 6.04. The van der Waals surface area contributed by atoms with Crippen LogP contribution in [0.2, 0.25) is 5.02 Å². The highest BCUT2D eigenvalue weighted by Gasteiger charge is 2.36. The van der Waals surface area contributed by atoms with E-state index in [-0.39, 0.29) is 0 Å². The van der Waals surface area contributed by atoms with Crippen molar-refractivity contribution in [2.75, 3.05) is 11.4 Å².